The zero-order valence-electron chi connectivity index (χ0n) is 15.0. The number of anilines is 2. The summed E-state index contributed by atoms with van der Waals surface area (Å²) in [4.78, 5) is 8.84. The minimum Gasteiger partial charge on any atom is -0.366 e. The molecule has 0 radical (unpaired) electrons. The van der Waals surface area contributed by atoms with Crippen LogP contribution in [0.3, 0.4) is 0 Å². The molecule has 0 bridgehead atoms. The second kappa shape index (κ2) is 7.28. The zero-order valence-corrected chi connectivity index (χ0v) is 15.9. The monoisotopic (exact) mass is 394 g/mol. The van der Waals surface area contributed by atoms with Crippen molar-refractivity contribution in [3.63, 3.8) is 0 Å². The van der Waals surface area contributed by atoms with Crippen molar-refractivity contribution in [3.05, 3.63) is 66.5 Å². The maximum atomic E-state index is 11.4. The van der Waals surface area contributed by atoms with Crippen molar-refractivity contribution >= 4 is 32.4 Å². The van der Waals surface area contributed by atoms with Crippen LogP contribution in [0.15, 0.2) is 60.9 Å². The van der Waals surface area contributed by atoms with E-state index >= 15 is 0 Å². The summed E-state index contributed by atoms with van der Waals surface area (Å²) >= 11 is 0. The predicted octanol–water partition coefficient (Wildman–Crippen LogP) is 3.00. The predicted molar refractivity (Wildman–Crippen MR) is 109 cm³/mol. The van der Waals surface area contributed by atoms with Crippen LogP contribution in [-0.2, 0) is 16.6 Å². The minimum atomic E-state index is -3.35. The molecule has 4 rings (SSSR count). The van der Waals surface area contributed by atoms with Gasteiger partial charge in [-0.3, -0.25) is 9.82 Å². The molecule has 9 heteroatoms. The molecule has 0 amide bonds. The number of rotatable bonds is 6. The standard InChI is InChI=1S/C19H18N6O2S/c1-28(26,27)25-15-6-2-4-13(10-15)19-20-9-8-18(23-19)21-11-14-5-3-7-17-16(14)12-22-24-17/h2-10,12,25H,11H2,1H3,(H,22,24)(H,20,21,23). The van der Waals surface area contributed by atoms with E-state index in [9.17, 15) is 8.42 Å². The number of nitrogens with zero attached hydrogens (tertiary/aromatic N) is 3. The van der Waals surface area contributed by atoms with E-state index in [2.05, 4.69) is 30.2 Å². The van der Waals surface area contributed by atoms with Crippen molar-refractivity contribution in [2.45, 2.75) is 6.54 Å². The van der Waals surface area contributed by atoms with Crippen LogP contribution in [0.1, 0.15) is 5.56 Å². The van der Waals surface area contributed by atoms with Gasteiger partial charge in [0.25, 0.3) is 0 Å². The summed E-state index contributed by atoms with van der Waals surface area (Å²) in [5.41, 5.74) is 3.27. The highest BCUT2D eigenvalue weighted by Gasteiger charge is 2.07. The summed E-state index contributed by atoms with van der Waals surface area (Å²) in [5.74, 6) is 1.18. The molecule has 0 saturated carbocycles. The zero-order chi connectivity index (χ0) is 19.6. The first-order valence-electron chi connectivity index (χ1n) is 8.54. The van der Waals surface area contributed by atoms with Gasteiger partial charge >= 0.3 is 0 Å². The van der Waals surface area contributed by atoms with E-state index in [0.29, 0.717) is 29.4 Å². The van der Waals surface area contributed by atoms with E-state index < -0.39 is 10.0 Å². The van der Waals surface area contributed by atoms with Crippen LogP contribution in [-0.4, -0.2) is 34.8 Å². The smallest absolute Gasteiger partial charge is 0.229 e. The maximum absolute atomic E-state index is 11.4. The SMILES string of the molecule is CS(=O)(=O)Nc1cccc(-c2nccc(NCc3cccc4[nH]ncc34)n2)c1. The first-order valence-corrected chi connectivity index (χ1v) is 10.4. The van der Waals surface area contributed by atoms with Gasteiger partial charge in [0, 0.05) is 29.4 Å². The highest BCUT2D eigenvalue weighted by atomic mass is 32.2. The first-order chi connectivity index (χ1) is 13.5. The first kappa shape index (κ1) is 17.9. The number of H-pyrrole nitrogens is 1. The summed E-state index contributed by atoms with van der Waals surface area (Å²) in [5, 5.41) is 11.4. The Morgan fingerprint density at radius 2 is 1.96 bits per heavy atom. The quantitative estimate of drug-likeness (QED) is 0.463. The summed E-state index contributed by atoms with van der Waals surface area (Å²) in [6.45, 7) is 0.586. The molecule has 28 heavy (non-hydrogen) atoms. The number of hydrogen-bond donors (Lipinski definition) is 3. The van der Waals surface area contributed by atoms with Crippen LogP contribution < -0.4 is 10.0 Å². The van der Waals surface area contributed by atoms with E-state index in [0.717, 1.165) is 22.7 Å². The molecule has 0 saturated heterocycles. The molecule has 0 aliphatic rings. The van der Waals surface area contributed by atoms with Gasteiger partial charge in [0.1, 0.15) is 5.82 Å². The summed E-state index contributed by atoms with van der Waals surface area (Å²) in [7, 11) is -3.35. The van der Waals surface area contributed by atoms with Crippen LogP contribution in [0.25, 0.3) is 22.3 Å². The lowest BCUT2D eigenvalue weighted by Crippen LogP contribution is -2.09. The van der Waals surface area contributed by atoms with E-state index in [4.69, 9.17) is 0 Å². The van der Waals surface area contributed by atoms with Gasteiger partial charge in [-0.05, 0) is 29.8 Å². The molecule has 3 N–H and O–H groups in total. The Kier molecular flexibility index (Phi) is 4.66. The van der Waals surface area contributed by atoms with E-state index in [-0.39, 0.29) is 0 Å². The molecule has 0 spiro atoms. The lowest BCUT2D eigenvalue weighted by Gasteiger charge is -2.09. The largest absolute Gasteiger partial charge is 0.366 e. The Balaban J connectivity index is 1.55. The van der Waals surface area contributed by atoms with Gasteiger partial charge in [0.2, 0.25) is 10.0 Å². The van der Waals surface area contributed by atoms with Crippen molar-refractivity contribution in [3.8, 4) is 11.4 Å². The van der Waals surface area contributed by atoms with E-state index in [1.54, 1.807) is 36.7 Å². The number of aromatic amines is 1. The molecule has 4 aromatic rings. The van der Waals surface area contributed by atoms with E-state index in [1.807, 2.05) is 24.3 Å². The van der Waals surface area contributed by atoms with Crippen molar-refractivity contribution in [2.75, 3.05) is 16.3 Å². The summed E-state index contributed by atoms with van der Waals surface area (Å²) < 4.78 is 25.3. The van der Waals surface area contributed by atoms with Crippen LogP contribution in [0.5, 0.6) is 0 Å². The van der Waals surface area contributed by atoms with Crippen LogP contribution in [0.2, 0.25) is 0 Å². The van der Waals surface area contributed by atoms with Crippen LogP contribution >= 0.6 is 0 Å². The Morgan fingerprint density at radius 3 is 2.82 bits per heavy atom. The third kappa shape index (κ3) is 4.09. The Bertz CT molecular complexity index is 1240. The molecule has 0 atom stereocenters. The van der Waals surface area contributed by atoms with Gasteiger partial charge in [0.05, 0.1) is 18.0 Å². The third-order valence-corrected chi connectivity index (χ3v) is 4.72. The maximum Gasteiger partial charge on any atom is 0.229 e. The number of hydrogen-bond acceptors (Lipinski definition) is 6. The Morgan fingerprint density at radius 1 is 1.11 bits per heavy atom. The number of nitrogens with one attached hydrogen (secondary N) is 3. The molecule has 2 aromatic heterocycles. The molecular weight excluding hydrogens is 376 g/mol. The molecule has 8 nitrogen and oxygen atoms in total. The average Bonchev–Trinajstić information content (AvgIpc) is 3.15. The van der Waals surface area contributed by atoms with Crippen molar-refractivity contribution in [1.82, 2.24) is 20.2 Å². The Hall–Kier alpha value is -3.46. The molecule has 2 aromatic carbocycles. The molecule has 0 aliphatic carbocycles. The highest BCUT2D eigenvalue weighted by Crippen LogP contribution is 2.22. The lowest BCUT2D eigenvalue weighted by atomic mass is 10.1. The fraction of sp³-hybridized carbons (Fsp3) is 0.105. The topological polar surface area (TPSA) is 113 Å². The number of fused-ring (bicyclic) bond motifs is 1. The molecule has 2 heterocycles. The number of sulfonamides is 1. The van der Waals surface area contributed by atoms with Gasteiger partial charge in [-0.15, -0.1) is 0 Å². The minimum absolute atomic E-state index is 0.466. The van der Waals surface area contributed by atoms with Crippen molar-refractivity contribution in [1.29, 1.82) is 0 Å². The fourth-order valence-electron chi connectivity index (χ4n) is 2.90. The normalized spacial score (nSPS) is 11.5. The summed E-state index contributed by atoms with van der Waals surface area (Å²) in [6.07, 6.45) is 4.58. The van der Waals surface area contributed by atoms with Gasteiger partial charge < -0.3 is 5.32 Å². The second-order valence-corrected chi connectivity index (χ2v) is 8.07. The molecule has 0 fully saturated rings. The average molecular weight is 394 g/mol. The molecular formula is C19H18N6O2S. The molecule has 142 valence electrons. The fourth-order valence-corrected chi connectivity index (χ4v) is 3.46. The second-order valence-electron chi connectivity index (χ2n) is 6.32. The van der Waals surface area contributed by atoms with E-state index in [1.165, 1.54) is 0 Å². The number of benzene rings is 2. The van der Waals surface area contributed by atoms with Crippen molar-refractivity contribution in [2.24, 2.45) is 0 Å². The van der Waals surface area contributed by atoms with Crippen molar-refractivity contribution < 1.29 is 8.42 Å². The molecule has 0 unspecified atom stereocenters. The van der Waals surface area contributed by atoms with Gasteiger partial charge in [-0.2, -0.15) is 5.10 Å². The van der Waals surface area contributed by atoms with Gasteiger partial charge in [-0.1, -0.05) is 24.3 Å². The molecule has 0 aliphatic heterocycles. The third-order valence-electron chi connectivity index (χ3n) is 4.11. The number of aromatic nitrogens is 4. The lowest BCUT2D eigenvalue weighted by molar-refractivity contribution is 0.607. The van der Waals surface area contributed by atoms with Gasteiger partial charge in [0.15, 0.2) is 5.82 Å². The van der Waals surface area contributed by atoms with Crippen LogP contribution in [0.4, 0.5) is 11.5 Å². The Labute approximate surface area is 162 Å². The van der Waals surface area contributed by atoms with Crippen LogP contribution in [0, 0.1) is 0 Å². The van der Waals surface area contributed by atoms with Gasteiger partial charge in [-0.25, -0.2) is 18.4 Å². The summed E-state index contributed by atoms with van der Waals surface area (Å²) in [6, 6.07) is 14.7. The highest BCUT2D eigenvalue weighted by molar-refractivity contribution is 7.92.